The highest BCUT2D eigenvalue weighted by Gasteiger charge is 2.17. The van der Waals surface area contributed by atoms with Gasteiger partial charge in [-0.1, -0.05) is 115 Å². The van der Waals surface area contributed by atoms with Crippen LogP contribution in [0.4, 0.5) is 17.1 Å². The van der Waals surface area contributed by atoms with Crippen LogP contribution in [-0.4, -0.2) is 0 Å². The molecule has 2 nitrogen and oxygen atoms in total. The molecule has 0 aliphatic rings. The van der Waals surface area contributed by atoms with E-state index < -0.39 is 0 Å². The molecule has 0 saturated carbocycles. The molecule has 2 aromatic heterocycles. The molecule has 248 valence electrons. The Balaban J connectivity index is 1.01. The maximum absolute atomic E-state index is 6.22. The van der Waals surface area contributed by atoms with Gasteiger partial charge in [0.05, 0.1) is 0 Å². The molecule has 0 spiro atoms. The van der Waals surface area contributed by atoms with E-state index in [4.69, 9.17) is 4.42 Å². The van der Waals surface area contributed by atoms with Crippen molar-refractivity contribution in [2.24, 2.45) is 0 Å². The molecule has 0 aliphatic heterocycles. The number of para-hydroxylation sites is 1. The molecule has 53 heavy (non-hydrogen) atoms. The fraction of sp³-hybridized carbons (Fsp3) is 0. The van der Waals surface area contributed by atoms with Gasteiger partial charge in [0.1, 0.15) is 11.2 Å². The molecule has 0 saturated heterocycles. The van der Waals surface area contributed by atoms with Gasteiger partial charge in [-0.3, -0.25) is 0 Å². The van der Waals surface area contributed by atoms with E-state index >= 15 is 0 Å². The summed E-state index contributed by atoms with van der Waals surface area (Å²) in [7, 11) is 0. The number of thiophene rings is 1. The molecule has 11 rings (SSSR count). The van der Waals surface area contributed by atoms with Gasteiger partial charge in [0.25, 0.3) is 0 Å². The molecule has 0 fully saturated rings. The number of hydrogen-bond donors (Lipinski definition) is 0. The second-order valence-electron chi connectivity index (χ2n) is 13.7. The van der Waals surface area contributed by atoms with Crippen molar-refractivity contribution in [3.8, 4) is 22.3 Å². The van der Waals surface area contributed by atoms with E-state index in [2.05, 4.69) is 181 Å². The Kier molecular flexibility index (Phi) is 6.76. The second-order valence-corrected chi connectivity index (χ2v) is 14.8. The van der Waals surface area contributed by atoms with Crippen molar-refractivity contribution < 1.29 is 4.42 Å². The molecule has 0 unspecified atom stereocenters. The molecule has 3 heteroatoms. The zero-order chi connectivity index (χ0) is 34.9. The zero-order valence-corrected chi connectivity index (χ0v) is 29.5. The number of anilines is 3. The quantitative estimate of drug-likeness (QED) is 0.178. The first-order chi connectivity index (χ1) is 26.2. The lowest BCUT2D eigenvalue weighted by Crippen LogP contribution is -2.09. The van der Waals surface area contributed by atoms with E-state index in [1.807, 2.05) is 23.5 Å². The summed E-state index contributed by atoms with van der Waals surface area (Å²) in [4.78, 5) is 2.34. The second kappa shape index (κ2) is 11.9. The molecule has 0 aliphatic carbocycles. The minimum Gasteiger partial charge on any atom is -0.456 e. The van der Waals surface area contributed by atoms with Crippen molar-refractivity contribution >= 4 is 92.1 Å². The van der Waals surface area contributed by atoms with Crippen LogP contribution in [0.2, 0.25) is 0 Å². The molecule has 0 amide bonds. The highest BCUT2D eigenvalue weighted by atomic mass is 32.1. The molecule has 9 aromatic carbocycles. The number of nitrogens with zero attached hydrogens (tertiary/aromatic N) is 1. The lowest BCUT2D eigenvalue weighted by molar-refractivity contribution is 0.669. The fourth-order valence-corrected chi connectivity index (χ4v) is 9.15. The Morgan fingerprint density at radius 1 is 0.340 bits per heavy atom. The molecule has 0 bridgehead atoms. The summed E-state index contributed by atoms with van der Waals surface area (Å²) in [5.41, 5.74) is 9.87. The molecule has 0 atom stereocenters. The van der Waals surface area contributed by atoms with Crippen LogP contribution in [0, 0.1) is 0 Å². The number of fused-ring (bicyclic) bond motifs is 8. The summed E-state index contributed by atoms with van der Waals surface area (Å²) in [5, 5.41) is 9.92. The van der Waals surface area contributed by atoms with Gasteiger partial charge in [-0.25, -0.2) is 0 Å². The summed E-state index contributed by atoms with van der Waals surface area (Å²) < 4.78 is 8.89. The molecule has 11 aromatic rings. The van der Waals surface area contributed by atoms with Crippen LogP contribution in [0.1, 0.15) is 0 Å². The average molecular weight is 694 g/mol. The molecular weight excluding hydrogens is 663 g/mol. The van der Waals surface area contributed by atoms with Crippen molar-refractivity contribution in [3.63, 3.8) is 0 Å². The van der Waals surface area contributed by atoms with E-state index in [1.54, 1.807) is 0 Å². The van der Waals surface area contributed by atoms with Gasteiger partial charge in [-0.05, 0) is 117 Å². The molecule has 0 N–H and O–H groups in total. The third kappa shape index (κ3) is 5.01. The Bertz CT molecular complexity index is 3160. The van der Waals surface area contributed by atoms with Crippen molar-refractivity contribution in [1.29, 1.82) is 0 Å². The number of hydrogen-bond acceptors (Lipinski definition) is 3. The lowest BCUT2D eigenvalue weighted by Gasteiger charge is -2.26. The van der Waals surface area contributed by atoms with Gasteiger partial charge in [0, 0.05) is 48.0 Å². The van der Waals surface area contributed by atoms with Crippen molar-refractivity contribution in [2.75, 3.05) is 4.90 Å². The fourth-order valence-electron chi connectivity index (χ4n) is 8.02. The van der Waals surface area contributed by atoms with Gasteiger partial charge in [0.2, 0.25) is 0 Å². The number of rotatable bonds is 5. The van der Waals surface area contributed by atoms with Crippen LogP contribution in [0.25, 0.3) is 85.9 Å². The van der Waals surface area contributed by atoms with Crippen LogP contribution in [-0.2, 0) is 0 Å². The Hall–Kier alpha value is -6.68. The standard InChI is InChI=1S/C50H31NOS/c1-2-10-41-33(8-1)9-7-13-42(41)34-20-24-39(25-21-34)51(40-26-27-48-45(31-40)43-11-3-5-14-47(43)52-48)38-22-18-32(19-23-38)35-16-17-36-30-50-46(29-37(36)28-35)44-12-4-6-15-49(44)53-50/h1-31H. The monoisotopic (exact) mass is 693 g/mol. The van der Waals surface area contributed by atoms with Gasteiger partial charge >= 0.3 is 0 Å². The Labute approximate surface area is 310 Å². The molecular formula is C50H31NOS. The molecule has 0 radical (unpaired) electrons. The predicted molar refractivity (Wildman–Crippen MR) is 227 cm³/mol. The van der Waals surface area contributed by atoms with Gasteiger partial charge in [0.15, 0.2) is 0 Å². The van der Waals surface area contributed by atoms with E-state index in [-0.39, 0.29) is 0 Å². The normalized spacial score (nSPS) is 11.8. The largest absolute Gasteiger partial charge is 0.456 e. The van der Waals surface area contributed by atoms with Crippen molar-refractivity contribution in [1.82, 2.24) is 0 Å². The zero-order valence-electron chi connectivity index (χ0n) is 28.7. The highest BCUT2D eigenvalue weighted by Crippen LogP contribution is 2.41. The summed E-state index contributed by atoms with van der Waals surface area (Å²) in [6.07, 6.45) is 0. The van der Waals surface area contributed by atoms with E-state index in [0.29, 0.717) is 0 Å². The maximum Gasteiger partial charge on any atom is 0.135 e. The van der Waals surface area contributed by atoms with Gasteiger partial charge in [-0.2, -0.15) is 0 Å². The van der Waals surface area contributed by atoms with E-state index in [1.165, 1.54) is 64.0 Å². The summed E-state index contributed by atoms with van der Waals surface area (Å²) in [6.45, 7) is 0. The first-order valence-corrected chi connectivity index (χ1v) is 18.8. The third-order valence-electron chi connectivity index (χ3n) is 10.6. The predicted octanol–water partition coefficient (Wildman–Crippen LogP) is 15.1. The Morgan fingerprint density at radius 2 is 1.00 bits per heavy atom. The minimum absolute atomic E-state index is 0.889. The minimum atomic E-state index is 0.889. The molecule has 2 heterocycles. The number of benzene rings is 9. The van der Waals surface area contributed by atoms with Crippen molar-refractivity contribution in [2.45, 2.75) is 0 Å². The van der Waals surface area contributed by atoms with Crippen molar-refractivity contribution in [3.05, 3.63) is 188 Å². The highest BCUT2D eigenvalue weighted by molar-refractivity contribution is 7.25. The SMILES string of the molecule is c1ccc2c(-c3ccc(N(c4ccc(-c5ccc6cc7sc8ccccc8c7cc6c5)cc4)c4ccc5oc6ccccc6c5c4)cc3)cccc2c1. The summed E-state index contributed by atoms with van der Waals surface area (Å²) in [5.74, 6) is 0. The van der Waals surface area contributed by atoms with E-state index in [9.17, 15) is 0 Å². The Morgan fingerprint density at radius 3 is 1.85 bits per heavy atom. The topological polar surface area (TPSA) is 16.4 Å². The first-order valence-electron chi connectivity index (χ1n) is 18.0. The van der Waals surface area contributed by atoms with Crippen LogP contribution in [0.5, 0.6) is 0 Å². The van der Waals surface area contributed by atoms with Crippen LogP contribution in [0.15, 0.2) is 192 Å². The van der Waals surface area contributed by atoms with Gasteiger partial charge in [-0.15, -0.1) is 11.3 Å². The summed E-state index contributed by atoms with van der Waals surface area (Å²) >= 11 is 1.87. The maximum atomic E-state index is 6.22. The number of furan rings is 1. The van der Waals surface area contributed by atoms with Crippen LogP contribution in [0.3, 0.4) is 0 Å². The van der Waals surface area contributed by atoms with Gasteiger partial charge < -0.3 is 9.32 Å². The van der Waals surface area contributed by atoms with Crippen LogP contribution < -0.4 is 4.90 Å². The average Bonchev–Trinajstić information content (AvgIpc) is 3.78. The smallest absolute Gasteiger partial charge is 0.135 e. The van der Waals surface area contributed by atoms with Crippen LogP contribution >= 0.6 is 11.3 Å². The van der Waals surface area contributed by atoms with E-state index in [0.717, 1.165) is 39.0 Å². The lowest BCUT2D eigenvalue weighted by atomic mass is 9.98. The summed E-state index contributed by atoms with van der Waals surface area (Å²) in [6, 6.07) is 68.1. The first kappa shape index (κ1) is 30.0. The third-order valence-corrected chi connectivity index (χ3v) is 11.8.